The molecule has 1 heterocycles. The molecule has 0 radical (unpaired) electrons. The van der Waals surface area contributed by atoms with Crippen LogP contribution in [0.5, 0.6) is 5.75 Å². The predicted molar refractivity (Wildman–Crippen MR) is 101 cm³/mol. The number of nitrogens with zero attached hydrogens (tertiary/aromatic N) is 1. The molecule has 136 valence electrons. The van der Waals surface area contributed by atoms with Crippen LogP contribution in [-0.2, 0) is 10.0 Å². The van der Waals surface area contributed by atoms with Crippen LogP contribution < -0.4 is 10.1 Å². The molecule has 2 aromatic rings. The third-order valence-corrected chi connectivity index (χ3v) is 6.29. The van der Waals surface area contributed by atoms with Crippen molar-refractivity contribution in [1.82, 2.24) is 9.62 Å². The van der Waals surface area contributed by atoms with Crippen LogP contribution in [0, 0.1) is 0 Å². The smallest absolute Gasteiger partial charge is 0.243 e. The van der Waals surface area contributed by atoms with Crippen LogP contribution in [0.15, 0.2) is 53.4 Å². The fourth-order valence-electron chi connectivity index (χ4n) is 2.92. The lowest BCUT2D eigenvalue weighted by molar-refractivity contribution is 0.264. The molecule has 0 saturated carbocycles. The van der Waals surface area contributed by atoms with Gasteiger partial charge in [-0.05, 0) is 30.3 Å². The number of para-hydroxylation sites is 1. The highest BCUT2D eigenvalue weighted by atomic mass is 35.5. The van der Waals surface area contributed by atoms with Gasteiger partial charge in [0.2, 0.25) is 10.0 Å². The van der Waals surface area contributed by atoms with E-state index in [2.05, 4.69) is 5.32 Å². The van der Waals surface area contributed by atoms with Gasteiger partial charge in [-0.15, -0.1) is 12.4 Å². The van der Waals surface area contributed by atoms with E-state index in [0.29, 0.717) is 30.4 Å². The fraction of sp³-hybridized carbons (Fsp3) is 0.294. The third kappa shape index (κ3) is 4.10. The molecular formula is C17H20Cl2N2O3S. The zero-order valence-corrected chi connectivity index (χ0v) is 16.1. The van der Waals surface area contributed by atoms with Crippen molar-refractivity contribution in [1.29, 1.82) is 0 Å². The minimum Gasteiger partial charge on any atom is -0.496 e. The molecule has 3 rings (SSSR count). The maximum atomic E-state index is 13.1. The van der Waals surface area contributed by atoms with Crippen molar-refractivity contribution >= 4 is 34.0 Å². The van der Waals surface area contributed by atoms with E-state index in [1.54, 1.807) is 31.4 Å². The Hall–Kier alpha value is -1.31. The maximum absolute atomic E-state index is 13.1. The molecule has 1 fully saturated rings. The summed E-state index contributed by atoms with van der Waals surface area (Å²) in [5.74, 6) is 0.683. The molecular weight excluding hydrogens is 383 g/mol. The first kappa shape index (κ1) is 20.0. The van der Waals surface area contributed by atoms with E-state index in [-0.39, 0.29) is 23.3 Å². The van der Waals surface area contributed by atoms with Crippen LogP contribution >= 0.6 is 24.0 Å². The van der Waals surface area contributed by atoms with Crippen molar-refractivity contribution < 1.29 is 13.2 Å². The van der Waals surface area contributed by atoms with Crippen LogP contribution in [0.4, 0.5) is 0 Å². The number of nitrogens with one attached hydrogen (secondary N) is 1. The summed E-state index contributed by atoms with van der Waals surface area (Å²) in [5.41, 5.74) is 0.852. The molecule has 1 saturated heterocycles. The number of ether oxygens (including phenoxy) is 1. The number of rotatable bonds is 4. The zero-order chi connectivity index (χ0) is 17.2. The molecule has 0 bridgehead atoms. The lowest BCUT2D eigenvalue weighted by Gasteiger charge is -2.36. The van der Waals surface area contributed by atoms with Gasteiger partial charge in [-0.2, -0.15) is 4.31 Å². The molecule has 0 spiro atoms. The normalized spacial score (nSPS) is 18.4. The molecule has 0 aromatic heterocycles. The Kier molecular flexibility index (Phi) is 6.71. The van der Waals surface area contributed by atoms with Crippen LogP contribution in [0.25, 0.3) is 0 Å². The Morgan fingerprint density at radius 3 is 2.52 bits per heavy atom. The van der Waals surface area contributed by atoms with Crippen LogP contribution in [0.3, 0.4) is 0 Å². The number of hydrogen-bond donors (Lipinski definition) is 1. The van der Waals surface area contributed by atoms with Crippen molar-refractivity contribution in [2.24, 2.45) is 0 Å². The number of benzene rings is 2. The summed E-state index contributed by atoms with van der Waals surface area (Å²) in [4.78, 5) is 0.244. The lowest BCUT2D eigenvalue weighted by Crippen LogP contribution is -2.48. The fourth-order valence-corrected chi connectivity index (χ4v) is 4.65. The SMILES string of the molecule is COc1ccccc1C1CNCCN1S(=O)(=O)c1ccc(Cl)cc1.Cl. The Balaban J connectivity index is 0.00000225. The van der Waals surface area contributed by atoms with Gasteiger partial charge >= 0.3 is 0 Å². The Morgan fingerprint density at radius 2 is 1.84 bits per heavy atom. The molecule has 5 nitrogen and oxygen atoms in total. The van der Waals surface area contributed by atoms with E-state index >= 15 is 0 Å². The van der Waals surface area contributed by atoms with Gasteiger partial charge in [-0.1, -0.05) is 29.8 Å². The van der Waals surface area contributed by atoms with Crippen molar-refractivity contribution in [2.75, 3.05) is 26.7 Å². The summed E-state index contributed by atoms with van der Waals surface area (Å²) in [7, 11) is -2.03. The number of hydrogen-bond acceptors (Lipinski definition) is 4. The summed E-state index contributed by atoms with van der Waals surface area (Å²) in [6.07, 6.45) is 0. The molecule has 0 aliphatic carbocycles. The molecule has 0 amide bonds. The zero-order valence-electron chi connectivity index (χ0n) is 13.7. The topological polar surface area (TPSA) is 58.6 Å². The largest absolute Gasteiger partial charge is 0.496 e. The van der Waals surface area contributed by atoms with Crippen LogP contribution in [-0.4, -0.2) is 39.5 Å². The monoisotopic (exact) mass is 402 g/mol. The number of methoxy groups -OCH3 is 1. The Morgan fingerprint density at radius 1 is 1.16 bits per heavy atom. The van der Waals surface area contributed by atoms with Gasteiger partial charge in [0.25, 0.3) is 0 Å². The number of piperazine rings is 1. The van der Waals surface area contributed by atoms with Gasteiger partial charge in [-0.3, -0.25) is 0 Å². The maximum Gasteiger partial charge on any atom is 0.243 e. The first-order chi connectivity index (χ1) is 11.5. The van der Waals surface area contributed by atoms with Gasteiger partial charge in [0.05, 0.1) is 18.0 Å². The van der Waals surface area contributed by atoms with Gasteiger partial charge in [0.1, 0.15) is 5.75 Å². The number of sulfonamides is 1. The standard InChI is InChI=1S/C17H19ClN2O3S.ClH/c1-23-17-5-3-2-4-15(17)16-12-19-10-11-20(16)24(21,22)14-8-6-13(18)7-9-14;/h2-9,16,19H,10-12H2,1H3;1H. The Bertz CT molecular complexity index is 813. The molecule has 1 unspecified atom stereocenters. The summed E-state index contributed by atoms with van der Waals surface area (Å²) in [6.45, 7) is 1.54. The minimum absolute atomic E-state index is 0. The van der Waals surface area contributed by atoms with Gasteiger partial charge in [0.15, 0.2) is 0 Å². The second kappa shape index (κ2) is 8.38. The van der Waals surface area contributed by atoms with E-state index in [4.69, 9.17) is 16.3 Å². The van der Waals surface area contributed by atoms with Crippen molar-refractivity contribution in [3.63, 3.8) is 0 Å². The summed E-state index contributed by atoms with van der Waals surface area (Å²) in [5, 5.41) is 3.77. The van der Waals surface area contributed by atoms with E-state index in [9.17, 15) is 8.42 Å². The van der Waals surface area contributed by atoms with Gasteiger partial charge in [0, 0.05) is 30.2 Å². The molecule has 1 N–H and O–H groups in total. The molecule has 25 heavy (non-hydrogen) atoms. The highest BCUT2D eigenvalue weighted by Crippen LogP contribution is 2.34. The highest BCUT2D eigenvalue weighted by Gasteiger charge is 2.35. The molecule has 2 aromatic carbocycles. The first-order valence-corrected chi connectivity index (χ1v) is 9.47. The van der Waals surface area contributed by atoms with Gasteiger partial charge in [-0.25, -0.2) is 8.42 Å². The van der Waals surface area contributed by atoms with Gasteiger partial charge < -0.3 is 10.1 Å². The summed E-state index contributed by atoms with van der Waals surface area (Å²) >= 11 is 5.88. The second-order valence-electron chi connectivity index (χ2n) is 5.53. The Labute approximate surface area is 159 Å². The highest BCUT2D eigenvalue weighted by molar-refractivity contribution is 7.89. The van der Waals surface area contributed by atoms with E-state index in [1.807, 2.05) is 24.3 Å². The average molecular weight is 403 g/mol. The minimum atomic E-state index is -3.62. The van der Waals surface area contributed by atoms with Crippen LogP contribution in [0.2, 0.25) is 5.02 Å². The second-order valence-corrected chi connectivity index (χ2v) is 7.86. The van der Waals surface area contributed by atoms with E-state index in [0.717, 1.165) is 5.56 Å². The van der Waals surface area contributed by atoms with Crippen molar-refractivity contribution in [2.45, 2.75) is 10.9 Å². The van der Waals surface area contributed by atoms with Crippen molar-refractivity contribution in [3.8, 4) is 5.75 Å². The third-order valence-electron chi connectivity index (χ3n) is 4.11. The molecule has 1 aliphatic rings. The van der Waals surface area contributed by atoms with E-state index < -0.39 is 10.0 Å². The van der Waals surface area contributed by atoms with Crippen LogP contribution in [0.1, 0.15) is 11.6 Å². The molecule has 8 heteroatoms. The average Bonchev–Trinajstić information content (AvgIpc) is 2.62. The molecule has 1 atom stereocenters. The quantitative estimate of drug-likeness (QED) is 0.853. The van der Waals surface area contributed by atoms with Crippen molar-refractivity contribution in [3.05, 3.63) is 59.1 Å². The van der Waals surface area contributed by atoms with E-state index in [1.165, 1.54) is 4.31 Å². The number of halogens is 2. The summed E-state index contributed by atoms with van der Waals surface area (Å²) < 4.78 is 33.1. The predicted octanol–water partition coefficient (Wildman–Crippen LogP) is 3.11. The lowest BCUT2D eigenvalue weighted by atomic mass is 10.0. The molecule has 1 aliphatic heterocycles. The first-order valence-electron chi connectivity index (χ1n) is 7.65. The summed E-state index contributed by atoms with van der Waals surface area (Å²) in [6, 6.07) is 13.4.